The van der Waals surface area contributed by atoms with Gasteiger partial charge in [0.05, 0.1) is 26.0 Å². The Morgan fingerprint density at radius 2 is 1.84 bits per heavy atom. The molecule has 8 nitrogen and oxygen atoms in total. The van der Waals surface area contributed by atoms with E-state index < -0.39 is 12.5 Å². The van der Waals surface area contributed by atoms with E-state index in [-0.39, 0.29) is 24.4 Å². The maximum atomic E-state index is 14.1. The number of nitrogens with zero attached hydrogens (tertiary/aromatic N) is 3. The number of halogens is 2. The van der Waals surface area contributed by atoms with Crippen molar-refractivity contribution in [1.82, 2.24) is 20.0 Å². The number of methoxy groups -OCH3 is 2. The molecule has 37 heavy (non-hydrogen) atoms. The van der Waals surface area contributed by atoms with Crippen molar-refractivity contribution in [1.29, 1.82) is 0 Å². The fourth-order valence-electron chi connectivity index (χ4n) is 5.73. The maximum Gasteiger partial charge on any atom is 0.260 e. The second kappa shape index (κ2) is 9.33. The Labute approximate surface area is 213 Å². The fraction of sp³-hybridized carbons (Fsp3) is 0.407. The minimum Gasteiger partial charge on any atom is -0.493 e. The first-order valence-electron chi connectivity index (χ1n) is 12.5. The number of ether oxygens (including phenoxy) is 2. The molecule has 2 fully saturated rings. The number of anilines is 1. The predicted molar refractivity (Wildman–Crippen MR) is 134 cm³/mol. The average molecular weight is 510 g/mol. The second-order valence-electron chi connectivity index (χ2n) is 9.84. The number of hydrogen-bond acceptors (Lipinski definition) is 6. The highest BCUT2D eigenvalue weighted by Crippen LogP contribution is 2.41. The van der Waals surface area contributed by atoms with Crippen molar-refractivity contribution < 1.29 is 23.0 Å². The molecule has 1 amide bonds. The SMILES string of the molecule is COc1ccc(C2CC(C(F)F)n3nc(-c4ccc(C(=O)N5C[C@@H]6C[C@H]5CN6)cc4)cc3N2)cc1OC. The third-order valence-corrected chi connectivity index (χ3v) is 7.70. The van der Waals surface area contributed by atoms with E-state index in [4.69, 9.17) is 9.47 Å². The van der Waals surface area contributed by atoms with Crippen molar-refractivity contribution in [3.63, 3.8) is 0 Å². The highest BCUT2D eigenvalue weighted by molar-refractivity contribution is 5.95. The summed E-state index contributed by atoms with van der Waals surface area (Å²) >= 11 is 0. The van der Waals surface area contributed by atoms with Gasteiger partial charge in [0, 0.05) is 42.4 Å². The van der Waals surface area contributed by atoms with Gasteiger partial charge in [0.2, 0.25) is 0 Å². The Kier molecular flexibility index (Phi) is 5.98. The molecule has 2 unspecified atom stereocenters. The van der Waals surface area contributed by atoms with Crippen LogP contribution in [-0.4, -0.2) is 66.4 Å². The Bertz CT molecular complexity index is 1310. The molecule has 4 atom stereocenters. The van der Waals surface area contributed by atoms with Crippen molar-refractivity contribution in [2.24, 2.45) is 0 Å². The molecular weight excluding hydrogens is 480 g/mol. The van der Waals surface area contributed by atoms with Crippen LogP contribution in [0.5, 0.6) is 11.5 Å². The van der Waals surface area contributed by atoms with E-state index in [0.717, 1.165) is 30.6 Å². The zero-order valence-corrected chi connectivity index (χ0v) is 20.7. The van der Waals surface area contributed by atoms with Crippen LogP contribution in [0.3, 0.4) is 0 Å². The Morgan fingerprint density at radius 3 is 2.49 bits per heavy atom. The topological polar surface area (TPSA) is 80.7 Å². The largest absolute Gasteiger partial charge is 0.493 e. The summed E-state index contributed by atoms with van der Waals surface area (Å²) in [5.74, 6) is 1.67. The molecule has 1 aromatic heterocycles. The van der Waals surface area contributed by atoms with Crippen LogP contribution in [0.25, 0.3) is 11.3 Å². The monoisotopic (exact) mass is 509 g/mol. The third-order valence-electron chi connectivity index (χ3n) is 7.70. The molecule has 0 aliphatic carbocycles. The van der Waals surface area contributed by atoms with E-state index in [9.17, 15) is 13.6 Å². The lowest BCUT2D eigenvalue weighted by Crippen LogP contribution is -2.46. The molecule has 10 heteroatoms. The van der Waals surface area contributed by atoms with E-state index in [1.165, 1.54) is 4.68 Å². The van der Waals surface area contributed by atoms with Crippen molar-refractivity contribution in [2.75, 3.05) is 32.6 Å². The van der Waals surface area contributed by atoms with Crippen molar-refractivity contribution in [3.8, 4) is 22.8 Å². The fourth-order valence-corrected chi connectivity index (χ4v) is 5.73. The molecule has 2 bridgehead atoms. The summed E-state index contributed by atoms with van der Waals surface area (Å²) in [6.07, 6.45) is -1.41. The van der Waals surface area contributed by atoms with Gasteiger partial charge in [-0.15, -0.1) is 0 Å². The van der Waals surface area contributed by atoms with E-state index in [2.05, 4.69) is 15.7 Å². The molecule has 4 heterocycles. The highest BCUT2D eigenvalue weighted by atomic mass is 19.3. The van der Waals surface area contributed by atoms with Crippen LogP contribution in [0.4, 0.5) is 14.6 Å². The lowest BCUT2D eigenvalue weighted by molar-refractivity contribution is 0.0659. The van der Waals surface area contributed by atoms with Crippen LogP contribution < -0.4 is 20.1 Å². The molecular formula is C27H29F2N5O3. The van der Waals surface area contributed by atoms with Crippen LogP contribution in [-0.2, 0) is 0 Å². The second-order valence-corrected chi connectivity index (χ2v) is 9.84. The zero-order valence-electron chi connectivity index (χ0n) is 20.7. The molecule has 2 aromatic carbocycles. The molecule has 3 aliphatic heterocycles. The lowest BCUT2D eigenvalue weighted by atomic mass is 9.97. The minimum atomic E-state index is -2.58. The van der Waals surface area contributed by atoms with Gasteiger partial charge in [0.15, 0.2) is 11.5 Å². The summed E-state index contributed by atoms with van der Waals surface area (Å²) < 4.78 is 40.4. The number of amides is 1. The van der Waals surface area contributed by atoms with Gasteiger partial charge < -0.3 is 25.0 Å². The number of likely N-dealkylation sites (tertiary alicyclic amines) is 1. The number of fused-ring (bicyclic) bond motifs is 3. The first kappa shape index (κ1) is 23.7. The van der Waals surface area contributed by atoms with Gasteiger partial charge in [0.1, 0.15) is 11.9 Å². The number of aromatic nitrogens is 2. The van der Waals surface area contributed by atoms with Gasteiger partial charge in [0.25, 0.3) is 12.3 Å². The van der Waals surface area contributed by atoms with Crippen molar-refractivity contribution in [2.45, 2.75) is 43.4 Å². The maximum absolute atomic E-state index is 14.1. The highest BCUT2D eigenvalue weighted by Gasteiger charge is 2.40. The van der Waals surface area contributed by atoms with E-state index in [1.54, 1.807) is 38.5 Å². The van der Waals surface area contributed by atoms with Gasteiger partial charge in [-0.1, -0.05) is 18.2 Å². The first-order valence-corrected chi connectivity index (χ1v) is 12.5. The van der Waals surface area contributed by atoms with Crippen molar-refractivity contribution >= 4 is 11.7 Å². The van der Waals surface area contributed by atoms with Crippen LogP contribution in [0, 0.1) is 0 Å². The molecule has 2 saturated heterocycles. The van der Waals surface area contributed by atoms with Gasteiger partial charge in [-0.25, -0.2) is 13.5 Å². The average Bonchev–Trinajstić information content (AvgIpc) is 3.67. The summed E-state index contributed by atoms with van der Waals surface area (Å²) in [5, 5.41) is 11.3. The standard InChI is InChI=1S/C27H29F2N5O3/c1-36-23-8-7-17(9-24(23)37-2)20-11-22(26(28)29)34-25(31-20)12-21(32-34)15-3-5-16(6-4-15)27(35)33-14-18-10-19(33)13-30-18/h3-9,12,18-20,22,26,30-31H,10-11,13-14H2,1-2H3/t18-,19-,20?,22?/m0/s1. The normalized spacial score (nSPS) is 24.2. The zero-order chi connectivity index (χ0) is 25.7. The Hall–Kier alpha value is -3.66. The third kappa shape index (κ3) is 4.19. The van der Waals surface area contributed by atoms with Crippen LogP contribution in [0.2, 0.25) is 0 Å². The number of carbonyl (C=O) groups excluding carboxylic acids is 1. The summed E-state index contributed by atoms with van der Waals surface area (Å²) in [7, 11) is 3.10. The van der Waals surface area contributed by atoms with E-state index in [1.807, 2.05) is 29.2 Å². The molecule has 0 saturated carbocycles. The molecule has 6 rings (SSSR count). The van der Waals surface area contributed by atoms with E-state index >= 15 is 0 Å². The first-order chi connectivity index (χ1) is 17.9. The molecule has 0 spiro atoms. The number of hydrogen-bond donors (Lipinski definition) is 2. The molecule has 0 radical (unpaired) electrons. The van der Waals surface area contributed by atoms with Gasteiger partial charge in [-0.2, -0.15) is 5.10 Å². The van der Waals surface area contributed by atoms with Crippen LogP contribution in [0.15, 0.2) is 48.5 Å². The molecule has 194 valence electrons. The number of carbonyl (C=O) groups is 1. The van der Waals surface area contributed by atoms with Gasteiger partial charge in [-0.3, -0.25) is 4.79 Å². The van der Waals surface area contributed by atoms with Crippen LogP contribution >= 0.6 is 0 Å². The minimum absolute atomic E-state index is 0.0295. The lowest BCUT2D eigenvalue weighted by Gasteiger charge is -2.32. The van der Waals surface area contributed by atoms with Crippen LogP contribution in [0.1, 0.15) is 40.8 Å². The summed E-state index contributed by atoms with van der Waals surface area (Å²) in [4.78, 5) is 14.9. The number of piperazine rings is 1. The number of benzene rings is 2. The van der Waals surface area contributed by atoms with Crippen molar-refractivity contribution in [3.05, 3.63) is 59.7 Å². The van der Waals surface area contributed by atoms with Gasteiger partial charge in [-0.05, 0) is 42.7 Å². The van der Waals surface area contributed by atoms with E-state index in [0.29, 0.717) is 34.6 Å². The smallest absolute Gasteiger partial charge is 0.260 e. The summed E-state index contributed by atoms with van der Waals surface area (Å²) in [6, 6.07) is 13.7. The molecule has 3 aromatic rings. The molecule has 2 N–H and O–H groups in total. The Morgan fingerprint density at radius 1 is 1.05 bits per heavy atom. The quantitative estimate of drug-likeness (QED) is 0.521. The molecule has 3 aliphatic rings. The summed E-state index contributed by atoms with van der Waals surface area (Å²) in [6.45, 7) is 1.58. The van der Waals surface area contributed by atoms with Gasteiger partial charge >= 0.3 is 0 Å². The number of rotatable bonds is 6. The number of nitrogens with one attached hydrogen (secondary N) is 2. The predicted octanol–water partition coefficient (Wildman–Crippen LogP) is 4.12. The Balaban J connectivity index is 1.25. The number of alkyl halides is 2. The summed E-state index contributed by atoms with van der Waals surface area (Å²) in [5.41, 5.74) is 2.79.